The molecule has 1 aromatic rings. The maximum absolute atomic E-state index is 13.4. The van der Waals surface area contributed by atoms with E-state index in [0.717, 1.165) is 6.54 Å². The van der Waals surface area contributed by atoms with Crippen molar-refractivity contribution < 1.29 is 14.3 Å². The molecule has 1 saturated heterocycles. The molecule has 0 aromatic heterocycles. The van der Waals surface area contributed by atoms with Crippen LogP contribution in [0.15, 0.2) is 18.2 Å². The summed E-state index contributed by atoms with van der Waals surface area (Å²) in [5.41, 5.74) is 0.501. The second-order valence-electron chi connectivity index (χ2n) is 4.95. The number of piperazine rings is 1. The Hall–Kier alpha value is -1.66. The van der Waals surface area contributed by atoms with Crippen LogP contribution in [-0.4, -0.2) is 48.6 Å². The van der Waals surface area contributed by atoms with E-state index in [4.69, 9.17) is 0 Å². The SMILES string of the molecule is CNC(=O)C1CNCCN1C(C)c1cc(F)ccc1O. The number of carbonyl (C=O) groups is 1. The number of nitrogens with zero attached hydrogens (tertiary/aromatic N) is 1. The van der Waals surface area contributed by atoms with Crippen molar-refractivity contribution in [1.82, 2.24) is 15.5 Å². The first-order chi connectivity index (χ1) is 9.54. The van der Waals surface area contributed by atoms with Gasteiger partial charge < -0.3 is 15.7 Å². The summed E-state index contributed by atoms with van der Waals surface area (Å²) in [5.74, 6) is -0.427. The molecule has 3 N–H and O–H groups in total. The minimum Gasteiger partial charge on any atom is -0.508 e. The predicted molar refractivity (Wildman–Crippen MR) is 73.9 cm³/mol. The van der Waals surface area contributed by atoms with Gasteiger partial charge in [0.05, 0.1) is 0 Å². The second kappa shape index (κ2) is 6.19. The lowest BCUT2D eigenvalue weighted by Gasteiger charge is -2.39. The molecule has 1 aliphatic heterocycles. The van der Waals surface area contributed by atoms with Gasteiger partial charge in [0.2, 0.25) is 5.91 Å². The zero-order valence-electron chi connectivity index (χ0n) is 11.7. The Morgan fingerprint density at radius 2 is 2.35 bits per heavy atom. The molecule has 20 heavy (non-hydrogen) atoms. The van der Waals surface area contributed by atoms with Crippen LogP contribution in [0.3, 0.4) is 0 Å². The highest BCUT2D eigenvalue weighted by Gasteiger charge is 2.32. The fraction of sp³-hybridized carbons (Fsp3) is 0.500. The van der Waals surface area contributed by atoms with Crippen molar-refractivity contribution in [2.45, 2.75) is 19.0 Å². The Labute approximate surface area is 117 Å². The van der Waals surface area contributed by atoms with Crippen LogP contribution in [0.1, 0.15) is 18.5 Å². The normalized spacial score (nSPS) is 21.4. The van der Waals surface area contributed by atoms with Gasteiger partial charge in [-0.15, -0.1) is 0 Å². The van der Waals surface area contributed by atoms with Crippen LogP contribution in [0.5, 0.6) is 5.75 Å². The van der Waals surface area contributed by atoms with E-state index in [2.05, 4.69) is 10.6 Å². The van der Waals surface area contributed by atoms with Crippen LogP contribution < -0.4 is 10.6 Å². The highest BCUT2D eigenvalue weighted by atomic mass is 19.1. The predicted octanol–water partition coefficient (Wildman–Crippen LogP) is 0.612. The van der Waals surface area contributed by atoms with Gasteiger partial charge in [0.25, 0.3) is 0 Å². The number of nitrogens with one attached hydrogen (secondary N) is 2. The van der Waals surface area contributed by atoms with E-state index in [0.29, 0.717) is 18.7 Å². The van der Waals surface area contributed by atoms with E-state index in [1.54, 1.807) is 7.05 Å². The molecular formula is C14H20FN3O2. The van der Waals surface area contributed by atoms with Crippen LogP contribution in [0.2, 0.25) is 0 Å². The molecule has 1 amide bonds. The van der Waals surface area contributed by atoms with Crippen LogP contribution in [0.25, 0.3) is 0 Å². The minimum absolute atomic E-state index is 0.0492. The molecule has 1 heterocycles. The van der Waals surface area contributed by atoms with Crippen molar-refractivity contribution in [3.05, 3.63) is 29.6 Å². The average molecular weight is 281 g/mol. The van der Waals surface area contributed by atoms with E-state index >= 15 is 0 Å². The van der Waals surface area contributed by atoms with Crippen molar-refractivity contribution in [3.8, 4) is 5.75 Å². The topological polar surface area (TPSA) is 64.6 Å². The van der Waals surface area contributed by atoms with E-state index in [-0.39, 0.29) is 23.7 Å². The number of phenolic OH excluding ortho intramolecular Hbond substituents is 1. The minimum atomic E-state index is -0.392. The van der Waals surface area contributed by atoms with Crippen LogP contribution in [0, 0.1) is 5.82 Å². The van der Waals surface area contributed by atoms with Crippen LogP contribution >= 0.6 is 0 Å². The summed E-state index contributed by atoms with van der Waals surface area (Å²) in [5, 5.41) is 15.7. The molecule has 0 saturated carbocycles. The van der Waals surface area contributed by atoms with Crippen molar-refractivity contribution >= 4 is 5.91 Å². The van der Waals surface area contributed by atoms with Gasteiger partial charge in [-0.05, 0) is 25.1 Å². The largest absolute Gasteiger partial charge is 0.508 e. The number of benzene rings is 1. The summed E-state index contributed by atoms with van der Waals surface area (Å²) in [6.07, 6.45) is 0. The zero-order chi connectivity index (χ0) is 14.7. The molecular weight excluding hydrogens is 261 g/mol. The summed E-state index contributed by atoms with van der Waals surface area (Å²) in [6, 6.07) is 3.32. The molecule has 0 aliphatic carbocycles. The fourth-order valence-corrected chi connectivity index (χ4v) is 2.63. The first kappa shape index (κ1) is 14.7. The van der Waals surface area contributed by atoms with E-state index in [1.165, 1.54) is 18.2 Å². The van der Waals surface area contributed by atoms with Crippen LogP contribution in [0.4, 0.5) is 4.39 Å². The Kier molecular flexibility index (Phi) is 4.57. The number of amides is 1. The molecule has 0 spiro atoms. The maximum Gasteiger partial charge on any atom is 0.238 e. The lowest BCUT2D eigenvalue weighted by atomic mass is 10.0. The Morgan fingerprint density at radius 3 is 3.05 bits per heavy atom. The molecule has 6 heteroatoms. The summed E-state index contributed by atoms with van der Waals surface area (Å²) in [7, 11) is 1.60. The third-order valence-corrected chi connectivity index (χ3v) is 3.77. The highest BCUT2D eigenvalue weighted by Crippen LogP contribution is 2.30. The van der Waals surface area contributed by atoms with Crippen molar-refractivity contribution in [3.63, 3.8) is 0 Å². The molecule has 110 valence electrons. The number of hydrogen-bond acceptors (Lipinski definition) is 4. The van der Waals surface area contributed by atoms with Gasteiger partial charge in [-0.3, -0.25) is 9.69 Å². The molecule has 2 atom stereocenters. The Morgan fingerprint density at radius 1 is 1.60 bits per heavy atom. The highest BCUT2D eigenvalue weighted by molar-refractivity contribution is 5.82. The van der Waals surface area contributed by atoms with Gasteiger partial charge in [0.1, 0.15) is 17.6 Å². The van der Waals surface area contributed by atoms with Gasteiger partial charge in [0, 0.05) is 38.3 Å². The summed E-state index contributed by atoms with van der Waals surface area (Å²) in [4.78, 5) is 13.9. The van der Waals surface area contributed by atoms with E-state index in [1.807, 2.05) is 11.8 Å². The molecule has 2 rings (SSSR count). The molecule has 1 aliphatic rings. The third kappa shape index (κ3) is 2.91. The number of carbonyl (C=O) groups excluding carboxylic acids is 1. The number of hydrogen-bond donors (Lipinski definition) is 3. The van der Waals surface area contributed by atoms with Gasteiger partial charge in [-0.1, -0.05) is 0 Å². The van der Waals surface area contributed by atoms with Crippen molar-refractivity contribution in [2.24, 2.45) is 0 Å². The molecule has 0 radical (unpaired) electrons. The lowest BCUT2D eigenvalue weighted by Crippen LogP contribution is -2.57. The number of likely N-dealkylation sites (N-methyl/N-ethyl adjacent to an activating group) is 1. The number of halogens is 1. The smallest absolute Gasteiger partial charge is 0.238 e. The fourth-order valence-electron chi connectivity index (χ4n) is 2.63. The Bertz CT molecular complexity index is 495. The summed E-state index contributed by atoms with van der Waals surface area (Å²) < 4.78 is 13.4. The number of rotatable bonds is 3. The summed E-state index contributed by atoms with van der Waals surface area (Å²) in [6.45, 7) is 3.83. The van der Waals surface area contributed by atoms with E-state index < -0.39 is 5.82 Å². The average Bonchev–Trinajstić information content (AvgIpc) is 2.48. The number of aromatic hydroxyl groups is 1. The van der Waals surface area contributed by atoms with Gasteiger partial charge in [-0.25, -0.2) is 4.39 Å². The standard InChI is InChI=1S/C14H20FN3O2/c1-9(11-7-10(15)3-4-13(11)19)18-6-5-17-8-12(18)14(20)16-2/h3-4,7,9,12,17,19H,5-6,8H2,1-2H3,(H,16,20). The first-order valence-corrected chi connectivity index (χ1v) is 6.71. The molecule has 1 fully saturated rings. The van der Waals surface area contributed by atoms with Gasteiger partial charge >= 0.3 is 0 Å². The van der Waals surface area contributed by atoms with E-state index in [9.17, 15) is 14.3 Å². The lowest BCUT2D eigenvalue weighted by molar-refractivity contribution is -0.127. The van der Waals surface area contributed by atoms with Crippen LogP contribution in [-0.2, 0) is 4.79 Å². The Balaban J connectivity index is 2.27. The molecule has 5 nitrogen and oxygen atoms in total. The maximum atomic E-state index is 13.4. The third-order valence-electron chi connectivity index (χ3n) is 3.77. The first-order valence-electron chi connectivity index (χ1n) is 6.71. The van der Waals surface area contributed by atoms with Crippen molar-refractivity contribution in [1.29, 1.82) is 0 Å². The summed E-state index contributed by atoms with van der Waals surface area (Å²) >= 11 is 0. The number of phenols is 1. The second-order valence-corrected chi connectivity index (χ2v) is 4.95. The molecule has 2 unspecified atom stereocenters. The van der Waals surface area contributed by atoms with Gasteiger partial charge in [-0.2, -0.15) is 0 Å². The zero-order valence-corrected chi connectivity index (χ0v) is 11.7. The quantitative estimate of drug-likeness (QED) is 0.759. The van der Waals surface area contributed by atoms with Gasteiger partial charge in [0.15, 0.2) is 0 Å². The van der Waals surface area contributed by atoms with Crippen molar-refractivity contribution in [2.75, 3.05) is 26.7 Å². The molecule has 1 aromatic carbocycles. The molecule has 0 bridgehead atoms. The monoisotopic (exact) mass is 281 g/mol.